The SMILES string of the molecule is CSc1cc(C)oc1C(C)=O. The summed E-state index contributed by atoms with van der Waals surface area (Å²) >= 11 is 1.53. The van der Waals surface area contributed by atoms with E-state index in [-0.39, 0.29) is 5.78 Å². The van der Waals surface area contributed by atoms with E-state index in [4.69, 9.17) is 4.42 Å². The molecule has 0 aliphatic rings. The Labute approximate surface area is 70.0 Å². The zero-order chi connectivity index (χ0) is 8.43. The number of thioether (sulfide) groups is 1. The molecule has 0 spiro atoms. The minimum Gasteiger partial charge on any atom is -0.457 e. The van der Waals surface area contributed by atoms with E-state index >= 15 is 0 Å². The number of ketones is 1. The minimum atomic E-state index is -0.0116. The van der Waals surface area contributed by atoms with Crippen LogP contribution in [0.25, 0.3) is 0 Å². The molecule has 0 amide bonds. The Balaban J connectivity index is 3.12. The van der Waals surface area contributed by atoms with E-state index in [2.05, 4.69) is 0 Å². The van der Waals surface area contributed by atoms with Crippen LogP contribution in [-0.4, -0.2) is 12.0 Å². The monoisotopic (exact) mass is 170 g/mol. The molecule has 1 rings (SSSR count). The second-order valence-electron chi connectivity index (χ2n) is 2.31. The molecule has 1 aromatic heterocycles. The fourth-order valence-corrected chi connectivity index (χ4v) is 1.54. The molecule has 60 valence electrons. The van der Waals surface area contributed by atoms with Crippen LogP contribution in [0.15, 0.2) is 15.4 Å². The molecular weight excluding hydrogens is 160 g/mol. The van der Waals surface area contributed by atoms with Crippen LogP contribution >= 0.6 is 11.8 Å². The van der Waals surface area contributed by atoms with Crippen molar-refractivity contribution >= 4 is 17.5 Å². The first-order chi connectivity index (χ1) is 5.15. The molecule has 11 heavy (non-hydrogen) atoms. The average molecular weight is 170 g/mol. The summed E-state index contributed by atoms with van der Waals surface area (Å²) in [5, 5.41) is 0. The molecule has 1 heterocycles. The van der Waals surface area contributed by atoms with Crippen LogP contribution in [0.2, 0.25) is 0 Å². The van der Waals surface area contributed by atoms with Crippen molar-refractivity contribution in [2.45, 2.75) is 18.7 Å². The lowest BCUT2D eigenvalue weighted by Crippen LogP contribution is -1.89. The third kappa shape index (κ3) is 1.66. The number of carbonyl (C=O) groups is 1. The Hall–Kier alpha value is -0.700. The molecule has 2 nitrogen and oxygen atoms in total. The molecule has 0 aliphatic heterocycles. The van der Waals surface area contributed by atoms with Gasteiger partial charge in [-0.15, -0.1) is 11.8 Å². The number of rotatable bonds is 2. The molecule has 0 bridgehead atoms. The molecule has 0 unspecified atom stereocenters. The third-order valence-electron chi connectivity index (χ3n) is 1.36. The molecule has 0 atom stereocenters. The molecular formula is C8H10O2S. The number of hydrogen-bond donors (Lipinski definition) is 0. The van der Waals surface area contributed by atoms with E-state index < -0.39 is 0 Å². The summed E-state index contributed by atoms with van der Waals surface area (Å²) in [7, 11) is 0. The van der Waals surface area contributed by atoms with Gasteiger partial charge in [-0.25, -0.2) is 0 Å². The summed E-state index contributed by atoms with van der Waals surface area (Å²) in [6.07, 6.45) is 1.93. The Morgan fingerprint density at radius 2 is 2.27 bits per heavy atom. The van der Waals surface area contributed by atoms with Gasteiger partial charge in [-0.2, -0.15) is 0 Å². The summed E-state index contributed by atoms with van der Waals surface area (Å²) in [6.45, 7) is 3.35. The fraction of sp³-hybridized carbons (Fsp3) is 0.375. The van der Waals surface area contributed by atoms with Crippen LogP contribution in [0, 0.1) is 6.92 Å². The predicted octanol–water partition coefficient (Wildman–Crippen LogP) is 2.51. The van der Waals surface area contributed by atoms with Gasteiger partial charge in [0.1, 0.15) is 5.76 Å². The second-order valence-corrected chi connectivity index (χ2v) is 3.16. The van der Waals surface area contributed by atoms with Gasteiger partial charge in [0.2, 0.25) is 0 Å². The van der Waals surface area contributed by atoms with Gasteiger partial charge in [-0.05, 0) is 19.2 Å². The van der Waals surface area contributed by atoms with Crippen molar-refractivity contribution in [3.63, 3.8) is 0 Å². The summed E-state index contributed by atoms with van der Waals surface area (Å²) < 4.78 is 5.20. The van der Waals surface area contributed by atoms with Crippen molar-refractivity contribution in [2.24, 2.45) is 0 Å². The Bertz CT molecular complexity index is 276. The molecule has 0 saturated carbocycles. The molecule has 0 aliphatic carbocycles. The van der Waals surface area contributed by atoms with Gasteiger partial charge in [-0.3, -0.25) is 4.79 Å². The lowest BCUT2D eigenvalue weighted by atomic mass is 10.3. The predicted molar refractivity (Wildman–Crippen MR) is 45.2 cm³/mol. The van der Waals surface area contributed by atoms with Gasteiger partial charge < -0.3 is 4.42 Å². The third-order valence-corrected chi connectivity index (χ3v) is 2.10. The average Bonchev–Trinajstić information content (AvgIpc) is 2.30. The first-order valence-electron chi connectivity index (χ1n) is 3.30. The largest absolute Gasteiger partial charge is 0.457 e. The Kier molecular flexibility index (Phi) is 2.39. The van der Waals surface area contributed by atoms with E-state index in [9.17, 15) is 4.79 Å². The number of Topliss-reactive ketones (excluding diaryl/α,β-unsaturated/α-hetero) is 1. The van der Waals surface area contributed by atoms with E-state index in [1.807, 2.05) is 19.2 Å². The lowest BCUT2D eigenvalue weighted by molar-refractivity contribution is 0.0982. The van der Waals surface area contributed by atoms with Gasteiger partial charge in [0.25, 0.3) is 0 Å². The smallest absolute Gasteiger partial charge is 0.196 e. The first-order valence-corrected chi connectivity index (χ1v) is 4.53. The quantitative estimate of drug-likeness (QED) is 0.504. The summed E-state index contributed by atoms with van der Waals surface area (Å²) in [5.74, 6) is 1.26. The normalized spacial score (nSPS) is 10.1. The highest BCUT2D eigenvalue weighted by molar-refractivity contribution is 7.98. The molecule has 0 N–H and O–H groups in total. The summed E-state index contributed by atoms with van der Waals surface area (Å²) in [5.41, 5.74) is 0. The zero-order valence-electron chi connectivity index (χ0n) is 6.80. The van der Waals surface area contributed by atoms with E-state index in [0.717, 1.165) is 10.7 Å². The minimum absolute atomic E-state index is 0.0116. The molecule has 1 aromatic rings. The van der Waals surface area contributed by atoms with Crippen molar-refractivity contribution in [1.82, 2.24) is 0 Å². The van der Waals surface area contributed by atoms with Crippen molar-refractivity contribution < 1.29 is 9.21 Å². The van der Waals surface area contributed by atoms with Crippen LogP contribution in [0.3, 0.4) is 0 Å². The van der Waals surface area contributed by atoms with Gasteiger partial charge in [0.05, 0.1) is 4.90 Å². The maximum absolute atomic E-state index is 10.9. The zero-order valence-corrected chi connectivity index (χ0v) is 7.62. The van der Waals surface area contributed by atoms with Gasteiger partial charge in [-0.1, -0.05) is 0 Å². The Morgan fingerprint density at radius 3 is 2.64 bits per heavy atom. The number of furan rings is 1. The maximum atomic E-state index is 10.9. The van der Waals surface area contributed by atoms with Gasteiger partial charge in [0.15, 0.2) is 11.5 Å². The number of carbonyl (C=O) groups excluding carboxylic acids is 1. The molecule has 0 aromatic carbocycles. The first kappa shape index (κ1) is 8.40. The van der Waals surface area contributed by atoms with Crippen LogP contribution in [0.1, 0.15) is 23.2 Å². The van der Waals surface area contributed by atoms with E-state index in [1.165, 1.54) is 18.7 Å². The van der Waals surface area contributed by atoms with Crippen LogP contribution in [0.5, 0.6) is 0 Å². The van der Waals surface area contributed by atoms with Gasteiger partial charge in [0, 0.05) is 6.92 Å². The maximum Gasteiger partial charge on any atom is 0.196 e. The van der Waals surface area contributed by atoms with Crippen molar-refractivity contribution in [3.05, 3.63) is 17.6 Å². The fourth-order valence-electron chi connectivity index (χ4n) is 0.888. The standard InChI is InChI=1S/C8H10O2S/c1-5-4-7(11-3)8(10-5)6(2)9/h4H,1-3H3. The van der Waals surface area contributed by atoms with Crippen molar-refractivity contribution in [2.75, 3.05) is 6.26 Å². The summed E-state index contributed by atoms with van der Waals surface area (Å²) in [6, 6.07) is 1.88. The van der Waals surface area contributed by atoms with E-state index in [0.29, 0.717) is 5.76 Å². The Morgan fingerprint density at radius 1 is 1.64 bits per heavy atom. The topological polar surface area (TPSA) is 30.2 Å². The number of aryl methyl sites for hydroxylation is 1. The highest BCUT2D eigenvalue weighted by Gasteiger charge is 2.11. The highest BCUT2D eigenvalue weighted by Crippen LogP contribution is 2.24. The van der Waals surface area contributed by atoms with Crippen LogP contribution in [0.4, 0.5) is 0 Å². The second kappa shape index (κ2) is 3.13. The molecule has 0 fully saturated rings. The van der Waals surface area contributed by atoms with Crippen LogP contribution < -0.4 is 0 Å². The molecule has 0 saturated heterocycles. The van der Waals surface area contributed by atoms with E-state index in [1.54, 1.807) is 0 Å². The molecule has 3 heteroatoms. The van der Waals surface area contributed by atoms with Crippen molar-refractivity contribution in [1.29, 1.82) is 0 Å². The van der Waals surface area contributed by atoms with Crippen LogP contribution in [-0.2, 0) is 0 Å². The van der Waals surface area contributed by atoms with Gasteiger partial charge >= 0.3 is 0 Å². The highest BCUT2D eigenvalue weighted by atomic mass is 32.2. The summed E-state index contributed by atoms with van der Waals surface area (Å²) in [4.78, 5) is 11.9. The van der Waals surface area contributed by atoms with Crippen molar-refractivity contribution in [3.8, 4) is 0 Å². The molecule has 0 radical (unpaired) electrons. The lowest BCUT2D eigenvalue weighted by Gasteiger charge is -1.91. The number of hydrogen-bond acceptors (Lipinski definition) is 3.